The molecular formula is C23H22FN7O2. The summed E-state index contributed by atoms with van der Waals surface area (Å²) in [5, 5.41) is 12.1. The van der Waals surface area contributed by atoms with Crippen LogP contribution in [0.2, 0.25) is 0 Å². The van der Waals surface area contributed by atoms with Gasteiger partial charge in [0.25, 0.3) is 0 Å². The number of hydrogen-bond acceptors (Lipinski definition) is 7. The summed E-state index contributed by atoms with van der Waals surface area (Å²) in [6, 6.07) is 15.7. The molecule has 1 aliphatic rings. The van der Waals surface area contributed by atoms with Crippen molar-refractivity contribution in [1.82, 2.24) is 30.1 Å². The van der Waals surface area contributed by atoms with E-state index in [0.717, 1.165) is 11.3 Å². The zero-order valence-corrected chi connectivity index (χ0v) is 17.8. The number of tetrazole rings is 1. The van der Waals surface area contributed by atoms with Gasteiger partial charge < -0.3 is 14.2 Å². The minimum Gasteiger partial charge on any atom is -0.441 e. The molecule has 1 fully saturated rings. The lowest BCUT2D eigenvalue weighted by atomic mass is 10.2. The summed E-state index contributed by atoms with van der Waals surface area (Å²) in [6.07, 6.45) is 2.32. The molecule has 0 saturated carbocycles. The fourth-order valence-electron chi connectivity index (χ4n) is 3.82. The van der Waals surface area contributed by atoms with E-state index >= 15 is 0 Å². The van der Waals surface area contributed by atoms with Crippen LogP contribution in [0.15, 0.2) is 65.2 Å². The van der Waals surface area contributed by atoms with Crippen molar-refractivity contribution >= 4 is 11.9 Å². The molecule has 1 aliphatic heterocycles. The fourth-order valence-corrected chi connectivity index (χ4v) is 3.82. The van der Waals surface area contributed by atoms with E-state index < -0.39 is 0 Å². The Balaban J connectivity index is 1.15. The molecule has 168 valence electrons. The van der Waals surface area contributed by atoms with Crippen molar-refractivity contribution in [3.05, 3.63) is 72.5 Å². The standard InChI is InChI=1S/C23H22FN7O2/c24-18-8-6-17(7-9-18)20-16-25-21(33-20)10-11-22(32)29-12-14-30(15-13-29)23-26-27-28-31(23)19-4-2-1-3-5-19/h1-9,16H,10-15H2. The van der Waals surface area contributed by atoms with Gasteiger partial charge >= 0.3 is 0 Å². The Hall–Kier alpha value is -4.08. The van der Waals surface area contributed by atoms with E-state index in [1.54, 1.807) is 23.0 Å². The van der Waals surface area contributed by atoms with E-state index in [-0.39, 0.29) is 11.7 Å². The molecule has 9 nitrogen and oxygen atoms in total. The van der Waals surface area contributed by atoms with E-state index in [2.05, 4.69) is 25.4 Å². The van der Waals surface area contributed by atoms with Gasteiger partial charge in [0, 0.05) is 44.6 Å². The van der Waals surface area contributed by atoms with Crippen molar-refractivity contribution in [1.29, 1.82) is 0 Å². The van der Waals surface area contributed by atoms with Gasteiger partial charge in [0.15, 0.2) is 11.7 Å². The average molecular weight is 447 g/mol. The topological polar surface area (TPSA) is 93.2 Å². The molecule has 0 atom stereocenters. The van der Waals surface area contributed by atoms with Crippen LogP contribution < -0.4 is 4.90 Å². The number of anilines is 1. The summed E-state index contributed by atoms with van der Waals surface area (Å²) in [7, 11) is 0. The molecule has 0 aliphatic carbocycles. The van der Waals surface area contributed by atoms with E-state index in [1.165, 1.54) is 12.1 Å². The van der Waals surface area contributed by atoms with Crippen LogP contribution in [0.4, 0.5) is 10.3 Å². The molecule has 4 aromatic rings. The van der Waals surface area contributed by atoms with Crippen LogP contribution in [0.5, 0.6) is 0 Å². The van der Waals surface area contributed by atoms with Crippen molar-refractivity contribution in [3.63, 3.8) is 0 Å². The SMILES string of the molecule is O=C(CCc1ncc(-c2ccc(F)cc2)o1)N1CCN(c2nnnn2-c2ccccc2)CC1. The van der Waals surface area contributed by atoms with Gasteiger partial charge in [-0.05, 0) is 46.8 Å². The number of rotatable bonds is 6. The summed E-state index contributed by atoms with van der Waals surface area (Å²) >= 11 is 0. The van der Waals surface area contributed by atoms with Gasteiger partial charge in [0.05, 0.1) is 11.9 Å². The zero-order valence-electron chi connectivity index (χ0n) is 17.8. The molecule has 3 heterocycles. The Morgan fingerprint density at radius 3 is 2.52 bits per heavy atom. The zero-order chi connectivity index (χ0) is 22.6. The first-order valence-electron chi connectivity index (χ1n) is 10.7. The smallest absolute Gasteiger partial charge is 0.250 e. The normalized spacial score (nSPS) is 14.0. The quantitative estimate of drug-likeness (QED) is 0.449. The predicted molar refractivity (Wildman–Crippen MR) is 118 cm³/mol. The van der Waals surface area contributed by atoms with Gasteiger partial charge in [-0.15, -0.1) is 0 Å². The van der Waals surface area contributed by atoms with Crippen LogP contribution >= 0.6 is 0 Å². The number of nitrogens with zero attached hydrogens (tertiary/aromatic N) is 7. The molecule has 0 N–H and O–H groups in total. The third-order valence-corrected chi connectivity index (χ3v) is 5.60. The minimum atomic E-state index is -0.305. The number of para-hydroxylation sites is 1. The van der Waals surface area contributed by atoms with Crippen molar-refractivity contribution < 1.29 is 13.6 Å². The third-order valence-electron chi connectivity index (χ3n) is 5.60. The van der Waals surface area contributed by atoms with E-state index in [9.17, 15) is 9.18 Å². The molecule has 2 aromatic carbocycles. The molecule has 0 bridgehead atoms. The van der Waals surface area contributed by atoms with Crippen LogP contribution in [0, 0.1) is 5.82 Å². The van der Waals surface area contributed by atoms with Crippen LogP contribution in [0.25, 0.3) is 17.0 Å². The highest BCUT2D eigenvalue weighted by Gasteiger charge is 2.25. The molecule has 33 heavy (non-hydrogen) atoms. The second-order valence-corrected chi connectivity index (χ2v) is 7.72. The van der Waals surface area contributed by atoms with E-state index in [0.29, 0.717) is 56.6 Å². The molecule has 10 heteroatoms. The van der Waals surface area contributed by atoms with Crippen molar-refractivity contribution in [2.24, 2.45) is 0 Å². The summed E-state index contributed by atoms with van der Waals surface area (Å²) in [5.74, 6) is 1.46. The maximum atomic E-state index is 13.1. The Morgan fingerprint density at radius 2 is 1.76 bits per heavy atom. The number of carbonyl (C=O) groups excluding carboxylic acids is 1. The Kier molecular flexibility index (Phi) is 5.79. The summed E-state index contributed by atoms with van der Waals surface area (Å²) in [4.78, 5) is 20.9. The van der Waals surface area contributed by atoms with Gasteiger partial charge in [0.2, 0.25) is 11.9 Å². The lowest BCUT2D eigenvalue weighted by Gasteiger charge is -2.34. The third kappa shape index (κ3) is 4.59. The maximum absolute atomic E-state index is 13.1. The van der Waals surface area contributed by atoms with Crippen molar-refractivity contribution in [3.8, 4) is 17.0 Å². The van der Waals surface area contributed by atoms with Crippen LogP contribution in [-0.4, -0.2) is 62.2 Å². The number of amides is 1. The Bertz CT molecular complexity index is 1220. The average Bonchev–Trinajstić information content (AvgIpc) is 3.54. The monoisotopic (exact) mass is 447 g/mol. The molecule has 1 amide bonds. The van der Waals surface area contributed by atoms with E-state index in [4.69, 9.17) is 4.42 Å². The number of oxazole rings is 1. The molecule has 0 spiro atoms. The predicted octanol–water partition coefficient (Wildman–Crippen LogP) is 2.74. The number of halogens is 1. The minimum absolute atomic E-state index is 0.0545. The summed E-state index contributed by atoms with van der Waals surface area (Å²) < 4.78 is 20.5. The Labute approximate surface area is 189 Å². The maximum Gasteiger partial charge on any atom is 0.250 e. The van der Waals surface area contributed by atoms with Crippen molar-refractivity contribution in [2.45, 2.75) is 12.8 Å². The number of aromatic nitrogens is 5. The fraction of sp³-hybridized carbons (Fsp3) is 0.261. The Morgan fingerprint density at radius 1 is 1.00 bits per heavy atom. The highest BCUT2D eigenvalue weighted by molar-refractivity contribution is 5.76. The summed E-state index contributed by atoms with van der Waals surface area (Å²) in [5.41, 5.74) is 1.64. The lowest BCUT2D eigenvalue weighted by Crippen LogP contribution is -2.49. The number of piperazine rings is 1. The summed E-state index contributed by atoms with van der Waals surface area (Å²) in [6.45, 7) is 2.47. The second-order valence-electron chi connectivity index (χ2n) is 7.72. The number of aryl methyl sites for hydroxylation is 1. The number of hydrogen-bond donors (Lipinski definition) is 0. The van der Waals surface area contributed by atoms with Gasteiger partial charge in [0.1, 0.15) is 5.82 Å². The van der Waals surface area contributed by atoms with Crippen LogP contribution in [0.1, 0.15) is 12.3 Å². The molecule has 1 saturated heterocycles. The van der Waals surface area contributed by atoms with Gasteiger partial charge in [-0.3, -0.25) is 4.79 Å². The molecule has 5 rings (SSSR count). The number of carbonyl (C=O) groups is 1. The van der Waals surface area contributed by atoms with Crippen molar-refractivity contribution in [2.75, 3.05) is 31.1 Å². The highest BCUT2D eigenvalue weighted by Crippen LogP contribution is 2.22. The van der Waals surface area contributed by atoms with Crippen LogP contribution in [-0.2, 0) is 11.2 Å². The molecule has 0 unspecified atom stereocenters. The van der Waals surface area contributed by atoms with Gasteiger partial charge in [-0.25, -0.2) is 9.37 Å². The van der Waals surface area contributed by atoms with E-state index in [1.807, 2.05) is 35.2 Å². The first-order chi connectivity index (χ1) is 16.2. The number of benzene rings is 2. The molecule has 0 radical (unpaired) electrons. The molecular weight excluding hydrogens is 425 g/mol. The largest absolute Gasteiger partial charge is 0.441 e. The highest BCUT2D eigenvalue weighted by atomic mass is 19.1. The van der Waals surface area contributed by atoms with Crippen LogP contribution in [0.3, 0.4) is 0 Å². The first-order valence-corrected chi connectivity index (χ1v) is 10.7. The van der Waals surface area contributed by atoms with Gasteiger partial charge in [-0.1, -0.05) is 23.3 Å². The second kappa shape index (κ2) is 9.19. The first kappa shape index (κ1) is 20.8. The lowest BCUT2D eigenvalue weighted by molar-refractivity contribution is -0.131. The van der Waals surface area contributed by atoms with Gasteiger partial charge in [-0.2, -0.15) is 4.68 Å². The molecule has 2 aromatic heterocycles.